The lowest BCUT2D eigenvalue weighted by molar-refractivity contribution is 0.384. The molecule has 66 valence electrons. The minimum Gasteiger partial charge on any atom is -0.301 e. The molecule has 1 saturated heterocycles. The van der Waals surface area contributed by atoms with Gasteiger partial charge in [0.05, 0.1) is 11.2 Å². The quantitative estimate of drug-likeness (QED) is 0.606. The van der Waals surface area contributed by atoms with Gasteiger partial charge in [-0.15, -0.1) is 0 Å². The zero-order valence-corrected chi connectivity index (χ0v) is 8.52. The Balaban J connectivity index is 2.80. The Kier molecular flexibility index (Phi) is 1.81. The van der Waals surface area contributed by atoms with Crippen LogP contribution in [0, 0.1) is 5.92 Å². The highest BCUT2D eigenvalue weighted by Gasteiger charge is 2.67. The number of rotatable bonds is 2. The predicted molar refractivity (Wildman–Crippen MR) is 48.5 cm³/mol. The van der Waals surface area contributed by atoms with Crippen molar-refractivity contribution in [2.75, 3.05) is 14.1 Å². The molecule has 0 spiro atoms. The van der Waals surface area contributed by atoms with Gasteiger partial charge in [-0.1, -0.05) is 13.8 Å². The first-order chi connectivity index (χ1) is 4.91. The Labute approximate surface area is 70.0 Å². The monoisotopic (exact) mass is 156 g/mol. The zero-order chi connectivity index (χ0) is 8.86. The first kappa shape index (κ1) is 9.01. The molecule has 11 heavy (non-hydrogen) atoms. The summed E-state index contributed by atoms with van der Waals surface area (Å²) in [6, 6.07) is 0. The van der Waals surface area contributed by atoms with E-state index in [0.717, 1.165) is 0 Å². The summed E-state index contributed by atoms with van der Waals surface area (Å²) in [6.07, 6.45) is 0. The van der Waals surface area contributed by atoms with Gasteiger partial charge < -0.3 is 5.32 Å². The molecular formula is C9H20N2. The molecule has 1 heterocycles. The second-order valence-electron chi connectivity index (χ2n) is 4.18. The van der Waals surface area contributed by atoms with Crippen molar-refractivity contribution < 1.29 is 0 Å². The molecule has 1 aliphatic heterocycles. The summed E-state index contributed by atoms with van der Waals surface area (Å²) in [5.74, 6) is 0.699. The molecule has 2 heteroatoms. The van der Waals surface area contributed by atoms with Crippen molar-refractivity contribution in [2.45, 2.75) is 38.9 Å². The Morgan fingerprint density at radius 3 is 1.82 bits per heavy atom. The average molecular weight is 156 g/mol. The van der Waals surface area contributed by atoms with Gasteiger partial charge in [0.25, 0.3) is 0 Å². The van der Waals surface area contributed by atoms with Gasteiger partial charge in [-0.2, -0.15) is 0 Å². The van der Waals surface area contributed by atoms with Crippen LogP contribution in [0.15, 0.2) is 0 Å². The minimum absolute atomic E-state index is 0.209. The van der Waals surface area contributed by atoms with Crippen LogP contribution in [0.3, 0.4) is 0 Å². The summed E-state index contributed by atoms with van der Waals surface area (Å²) in [6.45, 7) is 9.12. The van der Waals surface area contributed by atoms with Gasteiger partial charge in [-0.25, -0.2) is 0 Å². The van der Waals surface area contributed by atoms with Gasteiger partial charge >= 0.3 is 0 Å². The normalized spacial score (nSPS) is 49.9. The molecule has 1 fully saturated rings. The van der Waals surface area contributed by atoms with Gasteiger partial charge in [0.15, 0.2) is 0 Å². The smallest absolute Gasteiger partial charge is 0.0873 e. The maximum absolute atomic E-state index is 3.36. The molecule has 3 atom stereocenters. The van der Waals surface area contributed by atoms with E-state index in [2.05, 4.69) is 45.0 Å². The number of likely N-dealkylation sites (N-methyl/N-ethyl adjacent to an activating group) is 2. The lowest BCUT2D eigenvalue weighted by atomic mass is 9.91. The van der Waals surface area contributed by atoms with E-state index >= 15 is 0 Å². The van der Waals surface area contributed by atoms with Gasteiger partial charge in [-0.05, 0) is 33.9 Å². The molecule has 1 aliphatic rings. The van der Waals surface area contributed by atoms with E-state index in [4.69, 9.17) is 0 Å². The molecule has 0 amide bonds. The minimum atomic E-state index is 0.209. The van der Waals surface area contributed by atoms with Crippen LogP contribution in [0.25, 0.3) is 0 Å². The van der Waals surface area contributed by atoms with Crippen molar-refractivity contribution in [3.05, 3.63) is 0 Å². The average Bonchev–Trinajstić information content (AvgIpc) is 2.39. The van der Waals surface area contributed by atoms with Crippen LogP contribution < -0.4 is 5.32 Å². The number of hydrogen-bond acceptors (Lipinski definition) is 2. The second-order valence-corrected chi connectivity index (χ2v) is 4.18. The first-order valence-electron chi connectivity index (χ1n) is 4.34. The Bertz CT molecular complexity index is 167. The Morgan fingerprint density at radius 2 is 1.73 bits per heavy atom. The summed E-state index contributed by atoms with van der Waals surface area (Å²) in [4.78, 5) is 2.39. The summed E-state index contributed by atoms with van der Waals surface area (Å²) < 4.78 is 0. The highest BCUT2D eigenvalue weighted by molar-refractivity contribution is 5.22. The molecule has 0 saturated carbocycles. The topological polar surface area (TPSA) is 15.0 Å². The summed E-state index contributed by atoms with van der Waals surface area (Å²) in [5.41, 5.74) is 0.545. The van der Waals surface area contributed by atoms with Crippen LogP contribution in [0.5, 0.6) is 0 Å². The summed E-state index contributed by atoms with van der Waals surface area (Å²) in [7, 11) is 4.21. The van der Waals surface area contributed by atoms with Crippen LogP contribution >= 0.6 is 0 Å². The number of nitrogens with one attached hydrogen (secondary N) is 1. The van der Waals surface area contributed by atoms with Crippen LogP contribution in [0.1, 0.15) is 27.7 Å². The van der Waals surface area contributed by atoms with Crippen molar-refractivity contribution in [2.24, 2.45) is 5.92 Å². The molecule has 1 N–H and O–H groups in total. The maximum Gasteiger partial charge on any atom is 0.0873 e. The number of hydrogen-bond donors (Lipinski definition) is 1. The third-order valence-corrected chi connectivity index (χ3v) is 3.91. The van der Waals surface area contributed by atoms with Crippen molar-refractivity contribution in [3.8, 4) is 0 Å². The highest BCUT2D eigenvalue weighted by atomic mass is 15.5. The molecule has 0 aromatic heterocycles. The van der Waals surface area contributed by atoms with Crippen molar-refractivity contribution in [1.29, 1.82) is 0 Å². The molecule has 0 aromatic rings. The largest absolute Gasteiger partial charge is 0.301 e. The molecule has 0 bridgehead atoms. The second kappa shape index (κ2) is 2.20. The van der Waals surface area contributed by atoms with E-state index in [9.17, 15) is 0 Å². The predicted octanol–water partition coefficient (Wildman–Crippen LogP) is 1.28. The Hall–Kier alpha value is -0.0800. The van der Waals surface area contributed by atoms with E-state index in [0.29, 0.717) is 11.5 Å². The third-order valence-electron chi connectivity index (χ3n) is 3.91. The van der Waals surface area contributed by atoms with E-state index in [1.807, 2.05) is 7.05 Å². The molecule has 0 radical (unpaired) electrons. The van der Waals surface area contributed by atoms with E-state index < -0.39 is 0 Å². The fourth-order valence-electron chi connectivity index (χ4n) is 2.20. The molecule has 2 nitrogen and oxygen atoms in total. The molecule has 0 aromatic carbocycles. The van der Waals surface area contributed by atoms with E-state index in [1.54, 1.807) is 0 Å². The SMILES string of the molecule is CNC1(C)N(C)C1(C)C(C)C. The molecule has 1 rings (SSSR count). The highest BCUT2D eigenvalue weighted by Crippen LogP contribution is 2.52. The molecule has 3 unspecified atom stereocenters. The summed E-state index contributed by atoms with van der Waals surface area (Å²) in [5, 5.41) is 3.36. The fourth-order valence-corrected chi connectivity index (χ4v) is 2.20. The first-order valence-corrected chi connectivity index (χ1v) is 4.34. The fraction of sp³-hybridized carbons (Fsp3) is 1.00. The van der Waals surface area contributed by atoms with Crippen LogP contribution in [-0.4, -0.2) is 30.2 Å². The molecular weight excluding hydrogens is 136 g/mol. The Morgan fingerprint density at radius 1 is 1.27 bits per heavy atom. The van der Waals surface area contributed by atoms with E-state index in [1.165, 1.54) is 0 Å². The van der Waals surface area contributed by atoms with Crippen molar-refractivity contribution in [1.82, 2.24) is 10.2 Å². The lowest BCUT2D eigenvalue weighted by Crippen LogP contribution is -2.36. The van der Waals surface area contributed by atoms with Crippen molar-refractivity contribution in [3.63, 3.8) is 0 Å². The van der Waals surface area contributed by atoms with E-state index in [-0.39, 0.29) is 5.66 Å². The van der Waals surface area contributed by atoms with Crippen LogP contribution in [0.2, 0.25) is 0 Å². The van der Waals surface area contributed by atoms with Gasteiger partial charge in [0, 0.05) is 0 Å². The summed E-state index contributed by atoms with van der Waals surface area (Å²) >= 11 is 0. The zero-order valence-electron chi connectivity index (χ0n) is 8.52. The molecule has 0 aliphatic carbocycles. The van der Waals surface area contributed by atoms with Gasteiger partial charge in [0.2, 0.25) is 0 Å². The lowest BCUT2D eigenvalue weighted by Gasteiger charge is -2.18. The third kappa shape index (κ3) is 0.798. The van der Waals surface area contributed by atoms with Gasteiger partial charge in [-0.3, -0.25) is 4.90 Å². The van der Waals surface area contributed by atoms with Gasteiger partial charge in [0.1, 0.15) is 0 Å². The van der Waals surface area contributed by atoms with Crippen LogP contribution in [0.4, 0.5) is 0 Å². The number of nitrogens with zero attached hydrogens (tertiary/aromatic N) is 1. The van der Waals surface area contributed by atoms with Crippen LogP contribution in [-0.2, 0) is 0 Å². The maximum atomic E-state index is 3.36. The van der Waals surface area contributed by atoms with Crippen molar-refractivity contribution >= 4 is 0 Å². The standard InChI is InChI=1S/C9H20N2/c1-7(2)8(3)9(4,10-5)11(8)6/h7,10H,1-6H3.